The van der Waals surface area contributed by atoms with Crippen LogP contribution in [-0.2, 0) is 11.2 Å². The lowest BCUT2D eigenvalue weighted by atomic mass is 10.1. The number of carbonyl (C=O) groups excluding carboxylic acids is 1. The molecule has 0 fully saturated rings. The molecule has 1 atom stereocenters. The standard InChI is InChI=1S/C22H24N2O4/c1-15(16-7-5-4-6-8-16)24-21(25)11-12-22-23-14-20(28-22)18-10-9-17(26-2)13-19(18)27-3/h4-10,13-15H,11-12H2,1-3H3,(H,24,25)/t15-/m0/s1. The van der Waals surface area contributed by atoms with E-state index in [-0.39, 0.29) is 11.9 Å². The summed E-state index contributed by atoms with van der Waals surface area (Å²) in [5.74, 6) is 2.39. The monoisotopic (exact) mass is 380 g/mol. The topological polar surface area (TPSA) is 73.6 Å². The molecule has 146 valence electrons. The van der Waals surface area contributed by atoms with Crippen LogP contribution in [0.5, 0.6) is 11.5 Å². The Kier molecular flexibility index (Phi) is 6.32. The van der Waals surface area contributed by atoms with Gasteiger partial charge in [-0.05, 0) is 24.6 Å². The third kappa shape index (κ3) is 4.71. The molecule has 6 heteroatoms. The Bertz CT molecular complexity index is 921. The number of nitrogens with zero attached hydrogens (tertiary/aromatic N) is 1. The van der Waals surface area contributed by atoms with Crippen molar-refractivity contribution in [3.63, 3.8) is 0 Å². The van der Waals surface area contributed by atoms with Gasteiger partial charge in [-0.25, -0.2) is 4.98 Å². The average molecular weight is 380 g/mol. The molecule has 0 unspecified atom stereocenters. The molecule has 1 heterocycles. The summed E-state index contributed by atoms with van der Waals surface area (Å²) in [5, 5.41) is 2.99. The van der Waals surface area contributed by atoms with Crippen molar-refractivity contribution in [2.24, 2.45) is 0 Å². The van der Waals surface area contributed by atoms with E-state index in [0.29, 0.717) is 36.0 Å². The van der Waals surface area contributed by atoms with E-state index in [0.717, 1.165) is 11.1 Å². The molecule has 6 nitrogen and oxygen atoms in total. The molecule has 0 aliphatic rings. The van der Waals surface area contributed by atoms with Gasteiger partial charge in [0.1, 0.15) is 11.5 Å². The van der Waals surface area contributed by atoms with E-state index in [1.165, 1.54) is 0 Å². The first-order chi connectivity index (χ1) is 13.6. The molecule has 0 saturated heterocycles. The largest absolute Gasteiger partial charge is 0.497 e. The summed E-state index contributed by atoms with van der Waals surface area (Å²) < 4.78 is 16.4. The molecule has 3 aromatic rings. The molecular formula is C22H24N2O4. The number of carbonyl (C=O) groups is 1. The number of rotatable bonds is 8. The van der Waals surface area contributed by atoms with Crippen molar-refractivity contribution in [3.8, 4) is 22.8 Å². The second kappa shape index (κ2) is 9.08. The fraction of sp³-hybridized carbons (Fsp3) is 0.273. The van der Waals surface area contributed by atoms with Crippen molar-refractivity contribution in [3.05, 3.63) is 66.2 Å². The number of benzene rings is 2. The van der Waals surface area contributed by atoms with Crippen molar-refractivity contribution in [2.75, 3.05) is 14.2 Å². The summed E-state index contributed by atoms with van der Waals surface area (Å²) in [6.45, 7) is 1.96. The predicted molar refractivity (Wildman–Crippen MR) is 106 cm³/mol. The number of oxazole rings is 1. The average Bonchev–Trinajstić information content (AvgIpc) is 3.21. The van der Waals surface area contributed by atoms with Crippen LogP contribution in [0.1, 0.15) is 30.8 Å². The lowest BCUT2D eigenvalue weighted by Gasteiger charge is -2.13. The minimum Gasteiger partial charge on any atom is -0.497 e. The van der Waals surface area contributed by atoms with Gasteiger partial charge in [0.15, 0.2) is 11.7 Å². The molecule has 0 aliphatic carbocycles. The Morgan fingerprint density at radius 3 is 2.64 bits per heavy atom. The maximum Gasteiger partial charge on any atom is 0.220 e. The van der Waals surface area contributed by atoms with E-state index in [2.05, 4.69) is 10.3 Å². The Balaban J connectivity index is 1.60. The molecule has 0 bridgehead atoms. The van der Waals surface area contributed by atoms with Crippen molar-refractivity contribution in [2.45, 2.75) is 25.8 Å². The smallest absolute Gasteiger partial charge is 0.220 e. The highest BCUT2D eigenvalue weighted by atomic mass is 16.5. The first-order valence-corrected chi connectivity index (χ1v) is 9.12. The van der Waals surface area contributed by atoms with E-state index >= 15 is 0 Å². The number of nitrogens with one attached hydrogen (secondary N) is 1. The van der Waals surface area contributed by atoms with Crippen LogP contribution < -0.4 is 14.8 Å². The lowest BCUT2D eigenvalue weighted by molar-refractivity contribution is -0.121. The number of aryl methyl sites for hydroxylation is 1. The van der Waals surface area contributed by atoms with E-state index in [9.17, 15) is 4.79 Å². The summed E-state index contributed by atoms with van der Waals surface area (Å²) >= 11 is 0. The lowest BCUT2D eigenvalue weighted by Crippen LogP contribution is -2.26. The normalized spacial score (nSPS) is 11.7. The van der Waals surface area contributed by atoms with Crippen LogP contribution in [-0.4, -0.2) is 25.1 Å². The van der Waals surface area contributed by atoms with E-state index in [4.69, 9.17) is 13.9 Å². The zero-order chi connectivity index (χ0) is 19.9. The van der Waals surface area contributed by atoms with E-state index in [1.807, 2.05) is 49.4 Å². The van der Waals surface area contributed by atoms with Crippen molar-refractivity contribution < 1.29 is 18.7 Å². The van der Waals surface area contributed by atoms with Gasteiger partial charge in [-0.1, -0.05) is 30.3 Å². The van der Waals surface area contributed by atoms with Gasteiger partial charge in [0, 0.05) is 18.9 Å². The van der Waals surface area contributed by atoms with Crippen LogP contribution in [0.25, 0.3) is 11.3 Å². The maximum absolute atomic E-state index is 12.2. The number of ether oxygens (including phenoxy) is 2. The summed E-state index contributed by atoms with van der Waals surface area (Å²) in [5.41, 5.74) is 1.85. The molecular weight excluding hydrogens is 356 g/mol. The molecule has 0 radical (unpaired) electrons. The molecule has 1 aromatic heterocycles. The van der Waals surface area contributed by atoms with Crippen LogP contribution in [0, 0.1) is 0 Å². The highest BCUT2D eigenvalue weighted by molar-refractivity contribution is 5.76. The fourth-order valence-corrected chi connectivity index (χ4v) is 2.91. The Labute approximate surface area is 164 Å². The molecule has 0 saturated carbocycles. The van der Waals surface area contributed by atoms with Crippen LogP contribution in [0.3, 0.4) is 0 Å². The van der Waals surface area contributed by atoms with Crippen LogP contribution in [0.15, 0.2) is 59.1 Å². The van der Waals surface area contributed by atoms with Gasteiger partial charge in [-0.3, -0.25) is 4.79 Å². The first-order valence-electron chi connectivity index (χ1n) is 9.12. The van der Waals surface area contributed by atoms with E-state index < -0.39 is 0 Å². The summed E-state index contributed by atoms with van der Waals surface area (Å²) in [6.07, 6.45) is 2.37. The second-order valence-corrected chi connectivity index (χ2v) is 6.38. The Morgan fingerprint density at radius 1 is 1.14 bits per heavy atom. The van der Waals surface area contributed by atoms with Gasteiger partial charge < -0.3 is 19.2 Å². The Hall–Kier alpha value is -3.28. The Morgan fingerprint density at radius 2 is 1.93 bits per heavy atom. The van der Waals surface area contributed by atoms with Gasteiger partial charge in [-0.15, -0.1) is 0 Å². The summed E-state index contributed by atoms with van der Waals surface area (Å²) in [6, 6.07) is 15.3. The first kappa shape index (κ1) is 19.5. The number of hydrogen-bond donors (Lipinski definition) is 1. The maximum atomic E-state index is 12.2. The number of hydrogen-bond acceptors (Lipinski definition) is 5. The highest BCUT2D eigenvalue weighted by Crippen LogP contribution is 2.33. The minimum atomic E-state index is -0.0441. The highest BCUT2D eigenvalue weighted by Gasteiger charge is 2.14. The van der Waals surface area contributed by atoms with Gasteiger partial charge in [-0.2, -0.15) is 0 Å². The van der Waals surface area contributed by atoms with Gasteiger partial charge >= 0.3 is 0 Å². The molecule has 0 spiro atoms. The third-order valence-corrected chi connectivity index (χ3v) is 4.47. The van der Waals surface area contributed by atoms with E-state index in [1.54, 1.807) is 26.5 Å². The minimum absolute atomic E-state index is 0.0434. The van der Waals surface area contributed by atoms with Crippen molar-refractivity contribution in [1.82, 2.24) is 10.3 Å². The van der Waals surface area contributed by atoms with Crippen molar-refractivity contribution in [1.29, 1.82) is 0 Å². The number of amides is 1. The number of aromatic nitrogens is 1. The molecule has 0 aliphatic heterocycles. The quantitative estimate of drug-likeness (QED) is 0.635. The van der Waals surface area contributed by atoms with Gasteiger partial charge in [0.2, 0.25) is 5.91 Å². The van der Waals surface area contributed by atoms with Crippen molar-refractivity contribution >= 4 is 5.91 Å². The molecule has 3 rings (SSSR count). The van der Waals surface area contributed by atoms with Crippen LogP contribution >= 0.6 is 0 Å². The molecule has 28 heavy (non-hydrogen) atoms. The zero-order valence-corrected chi connectivity index (χ0v) is 16.3. The SMILES string of the molecule is COc1ccc(-c2cnc(CCC(=O)N[C@@H](C)c3ccccc3)o2)c(OC)c1. The van der Waals surface area contributed by atoms with Gasteiger partial charge in [0.25, 0.3) is 0 Å². The number of methoxy groups -OCH3 is 2. The second-order valence-electron chi connectivity index (χ2n) is 6.38. The van der Waals surface area contributed by atoms with Crippen LogP contribution in [0.2, 0.25) is 0 Å². The zero-order valence-electron chi connectivity index (χ0n) is 16.3. The van der Waals surface area contributed by atoms with Gasteiger partial charge in [0.05, 0.1) is 32.0 Å². The predicted octanol–water partition coefficient (Wildman–Crippen LogP) is 4.17. The molecule has 1 amide bonds. The summed E-state index contributed by atoms with van der Waals surface area (Å²) in [4.78, 5) is 16.5. The summed E-state index contributed by atoms with van der Waals surface area (Å²) in [7, 11) is 3.19. The third-order valence-electron chi connectivity index (χ3n) is 4.47. The fourth-order valence-electron chi connectivity index (χ4n) is 2.91. The molecule has 1 N–H and O–H groups in total. The molecule has 2 aromatic carbocycles. The van der Waals surface area contributed by atoms with Crippen LogP contribution in [0.4, 0.5) is 0 Å².